The SMILES string of the molecule is CCC/C=C/C=C/C=C/C=C/C=C/CCCCCCCC(=O)OCC(COCCC(C(=O)[O-])[N+](C)(C)C)OC(=O)CCCCCCCCC/C=C/CCCCCCCCCCCCC. The fourth-order valence-corrected chi connectivity index (χ4v) is 7.39. The number of aliphatic carboxylic acids is 1. The van der Waals surface area contributed by atoms with E-state index in [4.69, 9.17) is 14.2 Å². The van der Waals surface area contributed by atoms with Crippen molar-refractivity contribution in [2.75, 3.05) is 41.0 Å². The lowest BCUT2D eigenvalue weighted by Crippen LogP contribution is -2.55. The van der Waals surface area contributed by atoms with Gasteiger partial charge in [0.05, 0.1) is 40.3 Å². The topological polar surface area (TPSA) is 102 Å². The number of likely N-dealkylation sites (N-methyl/N-ethyl adjacent to an activating group) is 1. The van der Waals surface area contributed by atoms with Gasteiger partial charge in [0.25, 0.3) is 0 Å². The average molecular weight is 896 g/mol. The van der Waals surface area contributed by atoms with Crippen LogP contribution in [-0.2, 0) is 28.6 Å². The van der Waals surface area contributed by atoms with Gasteiger partial charge in [0.15, 0.2) is 6.10 Å². The van der Waals surface area contributed by atoms with E-state index < -0.39 is 18.1 Å². The highest BCUT2D eigenvalue weighted by Crippen LogP contribution is 2.15. The zero-order valence-electron chi connectivity index (χ0n) is 41.9. The number of carboxylic acids is 1. The molecule has 0 saturated heterocycles. The molecule has 0 N–H and O–H groups in total. The Kier molecular flexibility index (Phi) is 44.0. The minimum absolute atomic E-state index is 0.0275. The molecular weight excluding hydrogens is 799 g/mol. The van der Waals surface area contributed by atoms with Crippen molar-refractivity contribution in [2.45, 2.75) is 225 Å². The van der Waals surface area contributed by atoms with Gasteiger partial charge in [-0.15, -0.1) is 0 Å². The Hall–Kier alpha value is -3.23. The van der Waals surface area contributed by atoms with E-state index in [1.807, 2.05) is 36.5 Å². The highest BCUT2D eigenvalue weighted by atomic mass is 16.6. The third-order valence-corrected chi connectivity index (χ3v) is 11.4. The van der Waals surface area contributed by atoms with Gasteiger partial charge < -0.3 is 28.6 Å². The van der Waals surface area contributed by atoms with E-state index in [9.17, 15) is 19.5 Å². The molecule has 8 heteroatoms. The Bertz CT molecular complexity index is 1270. The van der Waals surface area contributed by atoms with E-state index in [0.717, 1.165) is 64.2 Å². The van der Waals surface area contributed by atoms with Crippen molar-refractivity contribution in [3.8, 4) is 0 Å². The van der Waals surface area contributed by atoms with Crippen molar-refractivity contribution >= 4 is 17.9 Å². The van der Waals surface area contributed by atoms with Gasteiger partial charge in [-0.3, -0.25) is 9.59 Å². The number of allylic oxidation sites excluding steroid dienone is 12. The van der Waals surface area contributed by atoms with E-state index in [1.54, 1.807) is 21.1 Å². The van der Waals surface area contributed by atoms with Gasteiger partial charge in [-0.25, -0.2) is 0 Å². The molecule has 0 fully saturated rings. The Morgan fingerprint density at radius 2 is 0.875 bits per heavy atom. The summed E-state index contributed by atoms with van der Waals surface area (Å²) in [5.41, 5.74) is 0. The number of hydrogen-bond acceptors (Lipinski definition) is 7. The van der Waals surface area contributed by atoms with Crippen LogP contribution >= 0.6 is 0 Å². The maximum Gasteiger partial charge on any atom is 0.306 e. The van der Waals surface area contributed by atoms with Gasteiger partial charge in [-0.2, -0.15) is 0 Å². The quantitative estimate of drug-likeness (QED) is 0.0197. The molecule has 0 aliphatic heterocycles. The lowest BCUT2D eigenvalue weighted by Gasteiger charge is -2.34. The summed E-state index contributed by atoms with van der Waals surface area (Å²) in [7, 11) is 5.40. The second-order valence-corrected chi connectivity index (χ2v) is 18.5. The molecule has 0 aliphatic rings. The lowest BCUT2D eigenvalue weighted by atomic mass is 10.0. The molecule has 0 bridgehead atoms. The van der Waals surface area contributed by atoms with E-state index in [2.05, 4.69) is 50.3 Å². The number of unbranched alkanes of at least 4 members (excludes halogenated alkanes) is 24. The summed E-state index contributed by atoms with van der Waals surface area (Å²) in [6, 6.07) is -0.735. The normalized spacial score (nSPS) is 13.5. The monoisotopic (exact) mass is 896 g/mol. The molecule has 0 aromatic rings. The molecule has 8 nitrogen and oxygen atoms in total. The summed E-state index contributed by atoms with van der Waals surface area (Å²) in [6.07, 6.45) is 59.3. The molecule has 368 valence electrons. The highest BCUT2D eigenvalue weighted by Gasteiger charge is 2.25. The number of carbonyl (C=O) groups is 3. The molecule has 0 radical (unpaired) electrons. The Morgan fingerprint density at radius 3 is 1.33 bits per heavy atom. The van der Waals surface area contributed by atoms with Crippen molar-refractivity contribution in [2.24, 2.45) is 0 Å². The van der Waals surface area contributed by atoms with Crippen molar-refractivity contribution in [1.82, 2.24) is 0 Å². The summed E-state index contributed by atoms with van der Waals surface area (Å²) >= 11 is 0. The van der Waals surface area contributed by atoms with Crippen LogP contribution in [0.2, 0.25) is 0 Å². The standard InChI is InChI=1S/C56H97NO7/c1-6-8-10-12-14-16-18-20-22-24-26-27-28-29-31-33-35-37-39-41-43-45-47-55(59)64-52(50-62-49-48-53(56(60)61)57(3,4)5)51-63-54(58)46-44-42-40-38-36-34-32-30-25-23-21-19-17-15-13-11-9-7-2/h11,13,15,17,19,21,23,25,28-30,32,52-53H,6-10,12,14,16,18,20,22,24,26-27,31,33-51H2,1-5H3/b13-11+,17-15+,21-19+,25-23+,29-28+,32-30+. The van der Waals surface area contributed by atoms with Gasteiger partial charge in [0, 0.05) is 19.3 Å². The summed E-state index contributed by atoms with van der Waals surface area (Å²) in [5.74, 6) is -1.77. The fourth-order valence-electron chi connectivity index (χ4n) is 7.39. The molecule has 2 atom stereocenters. The summed E-state index contributed by atoms with van der Waals surface area (Å²) < 4.78 is 17.2. The largest absolute Gasteiger partial charge is 0.544 e. The maximum absolute atomic E-state index is 12.8. The van der Waals surface area contributed by atoms with Crippen LogP contribution in [-0.4, -0.2) is 75.5 Å². The molecule has 0 spiro atoms. The molecule has 64 heavy (non-hydrogen) atoms. The predicted octanol–water partition coefficient (Wildman–Crippen LogP) is 13.8. The smallest absolute Gasteiger partial charge is 0.306 e. The Morgan fingerprint density at radius 1 is 0.469 bits per heavy atom. The molecule has 2 unspecified atom stereocenters. The molecule has 0 aromatic carbocycles. The Labute approximate surface area is 393 Å². The van der Waals surface area contributed by atoms with Crippen LogP contribution in [0.1, 0.15) is 213 Å². The average Bonchev–Trinajstić information content (AvgIpc) is 3.26. The van der Waals surface area contributed by atoms with Crippen molar-refractivity contribution in [3.05, 3.63) is 72.9 Å². The van der Waals surface area contributed by atoms with Crippen LogP contribution in [0, 0.1) is 0 Å². The number of ether oxygens (including phenoxy) is 3. The third kappa shape index (κ3) is 44.0. The Balaban J connectivity index is 4.29. The van der Waals surface area contributed by atoms with E-state index in [0.29, 0.717) is 12.8 Å². The number of esters is 2. The first-order valence-corrected chi connectivity index (χ1v) is 26.0. The minimum atomic E-state index is -1.13. The molecule has 0 saturated carbocycles. The number of carbonyl (C=O) groups excluding carboxylic acids is 3. The van der Waals surface area contributed by atoms with Crippen LogP contribution < -0.4 is 5.11 Å². The molecular formula is C56H97NO7. The van der Waals surface area contributed by atoms with E-state index in [-0.39, 0.29) is 42.7 Å². The van der Waals surface area contributed by atoms with Gasteiger partial charge in [0.2, 0.25) is 0 Å². The number of rotatable bonds is 46. The first-order valence-electron chi connectivity index (χ1n) is 26.0. The third-order valence-electron chi connectivity index (χ3n) is 11.4. The van der Waals surface area contributed by atoms with Crippen LogP contribution in [0.4, 0.5) is 0 Å². The highest BCUT2D eigenvalue weighted by molar-refractivity contribution is 5.70. The number of nitrogens with zero attached hydrogens (tertiary/aromatic N) is 1. The summed E-state index contributed by atoms with van der Waals surface area (Å²) in [5, 5.41) is 11.7. The molecule has 0 amide bonds. The maximum atomic E-state index is 12.8. The van der Waals surface area contributed by atoms with Gasteiger partial charge in [0.1, 0.15) is 12.6 Å². The minimum Gasteiger partial charge on any atom is -0.544 e. The van der Waals surface area contributed by atoms with Crippen LogP contribution in [0.3, 0.4) is 0 Å². The van der Waals surface area contributed by atoms with Crippen LogP contribution in [0.15, 0.2) is 72.9 Å². The van der Waals surface area contributed by atoms with Crippen molar-refractivity contribution in [3.63, 3.8) is 0 Å². The van der Waals surface area contributed by atoms with Crippen molar-refractivity contribution < 1.29 is 38.2 Å². The van der Waals surface area contributed by atoms with Gasteiger partial charge >= 0.3 is 11.9 Å². The zero-order chi connectivity index (χ0) is 47.0. The zero-order valence-corrected chi connectivity index (χ0v) is 41.9. The molecule has 0 aliphatic carbocycles. The first kappa shape index (κ1) is 60.8. The van der Waals surface area contributed by atoms with Gasteiger partial charge in [-0.1, -0.05) is 209 Å². The molecule has 0 aromatic heterocycles. The second kappa shape index (κ2) is 46.3. The fraction of sp³-hybridized carbons (Fsp3) is 0.732. The van der Waals surface area contributed by atoms with Crippen LogP contribution in [0.5, 0.6) is 0 Å². The first-order chi connectivity index (χ1) is 31.1. The number of quaternary nitrogens is 1. The molecule has 0 heterocycles. The van der Waals surface area contributed by atoms with Crippen molar-refractivity contribution in [1.29, 1.82) is 0 Å². The predicted molar refractivity (Wildman–Crippen MR) is 268 cm³/mol. The van der Waals surface area contributed by atoms with Crippen LogP contribution in [0.25, 0.3) is 0 Å². The summed E-state index contributed by atoms with van der Waals surface area (Å²) in [6.45, 7) is 4.56. The lowest BCUT2D eigenvalue weighted by molar-refractivity contribution is -0.889. The molecule has 0 rings (SSSR count). The summed E-state index contributed by atoms with van der Waals surface area (Å²) in [4.78, 5) is 37.0. The van der Waals surface area contributed by atoms with E-state index in [1.165, 1.54) is 116 Å². The van der Waals surface area contributed by atoms with E-state index >= 15 is 0 Å². The van der Waals surface area contributed by atoms with Gasteiger partial charge in [-0.05, 0) is 57.8 Å². The number of carboxylic acid groups (broad SMARTS) is 1. The number of hydrogen-bond donors (Lipinski definition) is 0. The second-order valence-electron chi connectivity index (χ2n) is 18.5.